The van der Waals surface area contributed by atoms with Crippen LogP contribution in [0.3, 0.4) is 0 Å². The Bertz CT molecular complexity index is 835. The van der Waals surface area contributed by atoms with Gasteiger partial charge in [0, 0.05) is 24.9 Å². The number of ketones is 1. The van der Waals surface area contributed by atoms with Crippen molar-refractivity contribution >= 4 is 11.7 Å². The summed E-state index contributed by atoms with van der Waals surface area (Å²) in [4.78, 5) is 24.0. The van der Waals surface area contributed by atoms with E-state index in [4.69, 9.17) is 9.47 Å². The van der Waals surface area contributed by atoms with E-state index in [1.807, 2.05) is 18.2 Å². The van der Waals surface area contributed by atoms with Crippen LogP contribution in [-0.2, 0) is 11.2 Å². The molecule has 154 valence electrons. The Morgan fingerprint density at radius 3 is 2.41 bits per heavy atom. The van der Waals surface area contributed by atoms with Crippen molar-refractivity contribution in [1.82, 2.24) is 5.32 Å². The second-order valence-electron chi connectivity index (χ2n) is 7.07. The summed E-state index contributed by atoms with van der Waals surface area (Å²) in [7, 11) is 0. The van der Waals surface area contributed by atoms with Crippen molar-refractivity contribution in [3.05, 3.63) is 59.4 Å². The lowest BCUT2D eigenvalue weighted by atomic mass is 10.0. The third kappa shape index (κ3) is 6.59. The fourth-order valence-electron chi connectivity index (χ4n) is 3.21. The number of hydrogen-bond acceptors (Lipinski definition) is 4. The van der Waals surface area contributed by atoms with Gasteiger partial charge in [0.25, 0.3) is 0 Å². The van der Waals surface area contributed by atoms with E-state index in [0.29, 0.717) is 38.2 Å². The number of halogens is 1. The number of ether oxygens (including phenoxy) is 2. The maximum atomic E-state index is 12.9. The molecule has 1 N–H and O–H groups in total. The number of amides is 1. The summed E-state index contributed by atoms with van der Waals surface area (Å²) in [6, 6.07) is 11.4. The van der Waals surface area contributed by atoms with E-state index in [2.05, 4.69) is 5.32 Å². The number of benzene rings is 2. The van der Waals surface area contributed by atoms with Crippen molar-refractivity contribution in [3.63, 3.8) is 0 Å². The van der Waals surface area contributed by atoms with E-state index < -0.39 is 0 Å². The summed E-state index contributed by atoms with van der Waals surface area (Å²) in [6.45, 7) is 1.70. The van der Waals surface area contributed by atoms with E-state index in [1.165, 1.54) is 24.3 Å². The van der Waals surface area contributed by atoms with Crippen molar-refractivity contribution in [2.75, 3.05) is 19.8 Å². The van der Waals surface area contributed by atoms with E-state index >= 15 is 0 Å². The maximum Gasteiger partial charge on any atom is 0.220 e. The van der Waals surface area contributed by atoms with Gasteiger partial charge in [-0.3, -0.25) is 9.59 Å². The predicted molar refractivity (Wildman–Crippen MR) is 108 cm³/mol. The highest BCUT2D eigenvalue weighted by atomic mass is 19.1. The molecule has 1 aliphatic heterocycles. The average molecular weight is 399 g/mol. The van der Waals surface area contributed by atoms with Gasteiger partial charge in [-0.05, 0) is 61.2 Å². The van der Waals surface area contributed by atoms with Crippen LogP contribution in [0.4, 0.5) is 4.39 Å². The molecule has 6 heteroatoms. The molecule has 0 aliphatic carbocycles. The second kappa shape index (κ2) is 10.6. The first-order valence-electron chi connectivity index (χ1n) is 10.1. The summed E-state index contributed by atoms with van der Waals surface area (Å²) in [6.07, 6.45) is 3.87. The molecule has 0 fully saturated rings. The molecule has 0 spiro atoms. The van der Waals surface area contributed by atoms with E-state index in [1.54, 1.807) is 0 Å². The number of hydrogen-bond donors (Lipinski definition) is 1. The van der Waals surface area contributed by atoms with Gasteiger partial charge in [-0.1, -0.05) is 12.5 Å². The minimum Gasteiger partial charge on any atom is -0.486 e. The van der Waals surface area contributed by atoms with Crippen molar-refractivity contribution < 1.29 is 23.5 Å². The Hall–Kier alpha value is -2.89. The van der Waals surface area contributed by atoms with E-state index in [0.717, 1.165) is 42.7 Å². The highest BCUT2D eigenvalue weighted by Crippen LogP contribution is 2.30. The molecule has 0 saturated carbocycles. The Kier molecular flexibility index (Phi) is 7.61. The summed E-state index contributed by atoms with van der Waals surface area (Å²) < 4.78 is 23.9. The molecule has 5 nitrogen and oxygen atoms in total. The van der Waals surface area contributed by atoms with Crippen LogP contribution in [0.1, 0.15) is 48.0 Å². The fraction of sp³-hybridized carbons (Fsp3) is 0.391. The van der Waals surface area contributed by atoms with Gasteiger partial charge in [-0.25, -0.2) is 4.39 Å². The molecule has 0 radical (unpaired) electrons. The monoisotopic (exact) mass is 399 g/mol. The summed E-state index contributed by atoms with van der Waals surface area (Å²) in [5, 5.41) is 2.93. The topological polar surface area (TPSA) is 64.6 Å². The molecule has 29 heavy (non-hydrogen) atoms. The molecule has 0 aromatic heterocycles. The SMILES string of the molecule is O=C(CCCCCC(=O)c1ccc(F)cc1)NCCc1ccc2c(c1)OCCO2. The van der Waals surface area contributed by atoms with Gasteiger partial charge < -0.3 is 14.8 Å². The molecule has 2 aromatic carbocycles. The predicted octanol–water partition coefficient (Wildman–Crippen LogP) is 4.09. The number of Topliss-reactive ketones (excluding diaryl/α,β-unsaturated/α-hetero) is 1. The molecule has 1 aliphatic rings. The normalized spacial score (nSPS) is 12.4. The van der Waals surface area contributed by atoms with Gasteiger partial charge in [-0.2, -0.15) is 0 Å². The number of fused-ring (bicyclic) bond motifs is 1. The first-order chi connectivity index (χ1) is 14.1. The molecule has 0 unspecified atom stereocenters. The molecule has 0 bridgehead atoms. The third-order valence-corrected chi connectivity index (χ3v) is 4.82. The molecule has 3 rings (SSSR count). The van der Waals surface area contributed by atoms with Crippen LogP contribution in [-0.4, -0.2) is 31.4 Å². The van der Waals surface area contributed by atoms with Crippen LogP contribution < -0.4 is 14.8 Å². The number of rotatable bonds is 10. The minimum atomic E-state index is -0.346. The van der Waals surface area contributed by atoms with Crippen molar-refractivity contribution in [2.24, 2.45) is 0 Å². The maximum absolute atomic E-state index is 12.9. The van der Waals surface area contributed by atoms with E-state index in [9.17, 15) is 14.0 Å². The Morgan fingerprint density at radius 1 is 0.897 bits per heavy atom. The Labute approximate surface area is 170 Å². The van der Waals surface area contributed by atoms with Crippen molar-refractivity contribution in [2.45, 2.75) is 38.5 Å². The second-order valence-corrected chi connectivity index (χ2v) is 7.07. The van der Waals surface area contributed by atoms with Gasteiger partial charge in [0.1, 0.15) is 19.0 Å². The van der Waals surface area contributed by atoms with Crippen LogP contribution in [0.2, 0.25) is 0 Å². The zero-order valence-electron chi connectivity index (χ0n) is 16.4. The van der Waals surface area contributed by atoms with E-state index in [-0.39, 0.29) is 17.5 Å². The number of nitrogens with one attached hydrogen (secondary N) is 1. The molecule has 1 amide bonds. The van der Waals surface area contributed by atoms with Crippen molar-refractivity contribution in [3.8, 4) is 11.5 Å². The molecular weight excluding hydrogens is 373 g/mol. The Balaban J connectivity index is 1.26. The fourth-order valence-corrected chi connectivity index (χ4v) is 3.21. The molecule has 0 saturated heterocycles. The molecular formula is C23H26FNO4. The highest BCUT2D eigenvalue weighted by Gasteiger charge is 2.12. The van der Waals surface area contributed by atoms with Crippen LogP contribution in [0.5, 0.6) is 11.5 Å². The number of unbranched alkanes of at least 4 members (excludes halogenated alkanes) is 2. The lowest BCUT2D eigenvalue weighted by Crippen LogP contribution is -2.25. The highest BCUT2D eigenvalue weighted by molar-refractivity contribution is 5.95. The Morgan fingerprint density at radius 2 is 1.62 bits per heavy atom. The van der Waals surface area contributed by atoms with Crippen LogP contribution >= 0.6 is 0 Å². The minimum absolute atomic E-state index is 0.00822. The quantitative estimate of drug-likeness (QED) is 0.483. The largest absolute Gasteiger partial charge is 0.486 e. The number of carbonyl (C=O) groups is 2. The zero-order valence-corrected chi connectivity index (χ0v) is 16.4. The van der Waals surface area contributed by atoms with Gasteiger partial charge >= 0.3 is 0 Å². The smallest absolute Gasteiger partial charge is 0.220 e. The summed E-state index contributed by atoms with van der Waals surface area (Å²) in [5.41, 5.74) is 1.62. The standard InChI is InChI=1S/C23H26FNO4/c24-19-9-7-18(8-10-19)20(26)4-2-1-3-5-23(27)25-13-12-17-6-11-21-22(16-17)29-15-14-28-21/h6-11,16H,1-5,12-15H2,(H,25,27). The lowest BCUT2D eigenvalue weighted by Gasteiger charge is -2.18. The van der Waals surface area contributed by atoms with Crippen LogP contribution in [0, 0.1) is 5.82 Å². The van der Waals surface area contributed by atoms with Gasteiger partial charge in [0.05, 0.1) is 0 Å². The van der Waals surface area contributed by atoms with Gasteiger partial charge in [0.15, 0.2) is 17.3 Å². The number of carbonyl (C=O) groups excluding carboxylic acids is 2. The summed E-state index contributed by atoms with van der Waals surface area (Å²) >= 11 is 0. The first-order valence-corrected chi connectivity index (χ1v) is 10.1. The average Bonchev–Trinajstić information content (AvgIpc) is 2.74. The van der Waals surface area contributed by atoms with Crippen molar-refractivity contribution in [1.29, 1.82) is 0 Å². The summed E-state index contributed by atoms with van der Waals surface area (Å²) in [5.74, 6) is 1.21. The zero-order chi connectivity index (χ0) is 20.5. The molecule has 2 aromatic rings. The third-order valence-electron chi connectivity index (χ3n) is 4.82. The lowest BCUT2D eigenvalue weighted by molar-refractivity contribution is -0.121. The van der Waals surface area contributed by atoms with Crippen LogP contribution in [0.15, 0.2) is 42.5 Å². The van der Waals surface area contributed by atoms with Crippen LogP contribution in [0.25, 0.3) is 0 Å². The van der Waals surface area contributed by atoms with Gasteiger partial charge in [-0.15, -0.1) is 0 Å². The van der Waals surface area contributed by atoms with Gasteiger partial charge in [0.2, 0.25) is 5.91 Å². The first kappa shape index (κ1) is 20.8. The molecule has 0 atom stereocenters. The molecule has 1 heterocycles.